The molecule has 1 saturated heterocycles. The zero-order chi connectivity index (χ0) is 20.3. The second-order valence-electron chi connectivity index (χ2n) is 8.53. The van der Waals surface area contributed by atoms with E-state index in [1.807, 2.05) is 12.1 Å². The summed E-state index contributed by atoms with van der Waals surface area (Å²) >= 11 is 0. The molecule has 154 valence electrons. The van der Waals surface area contributed by atoms with Gasteiger partial charge in [0.15, 0.2) is 5.58 Å². The summed E-state index contributed by atoms with van der Waals surface area (Å²) in [4.78, 5) is 2.58. The monoisotopic (exact) mass is 400 g/mol. The largest absolute Gasteiger partial charge is 0.475 e. The second kappa shape index (κ2) is 8.49. The van der Waals surface area contributed by atoms with Crippen molar-refractivity contribution in [2.45, 2.75) is 32.7 Å². The van der Waals surface area contributed by atoms with E-state index in [4.69, 9.17) is 9.26 Å². The van der Waals surface area contributed by atoms with Gasteiger partial charge in [0.05, 0.1) is 12.0 Å². The van der Waals surface area contributed by atoms with Gasteiger partial charge in [-0.25, -0.2) is 0 Å². The number of rotatable bonds is 6. The molecular weight excluding hydrogens is 372 g/mol. The molecule has 3 aromatic carbocycles. The quantitative estimate of drug-likeness (QED) is 0.400. The van der Waals surface area contributed by atoms with Gasteiger partial charge in [-0.3, -0.25) is 4.90 Å². The van der Waals surface area contributed by atoms with Gasteiger partial charge in [0.1, 0.15) is 0 Å². The fourth-order valence-electron chi connectivity index (χ4n) is 4.49. The molecule has 4 heteroatoms. The van der Waals surface area contributed by atoms with Gasteiger partial charge >= 0.3 is 0 Å². The van der Waals surface area contributed by atoms with Gasteiger partial charge in [-0.15, -0.1) is 0 Å². The Morgan fingerprint density at radius 2 is 1.83 bits per heavy atom. The highest BCUT2D eigenvalue weighted by Crippen LogP contribution is 2.27. The Morgan fingerprint density at radius 1 is 1.00 bits per heavy atom. The average molecular weight is 401 g/mol. The van der Waals surface area contributed by atoms with E-state index >= 15 is 0 Å². The van der Waals surface area contributed by atoms with Crippen LogP contribution in [0.25, 0.3) is 21.7 Å². The summed E-state index contributed by atoms with van der Waals surface area (Å²) in [7, 11) is 0. The number of likely N-dealkylation sites (tertiary alicyclic amines) is 1. The van der Waals surface area contributed by atoms with Gasteiger partial charge < -0.3 is 9.26 Å². The first-order valence-corrected chi connectivity index (χ1v) is 10.9. The number of nitrogens with zero attached hydrogens (tertiary/aromatic N) is 2. The Kier molecular flexibility index (Phi) is 5.41. The van der Waals surface area contributed by atoms with Crippen LogP contribution in [0.2, 0.25) is 0 Å². The number of piperidine rings is 1. The molecule has 0 bridgehead atoms. The fourth-order valence-corrected chi connectivity index (χ4v) is 4.49. The van der Waals surface area contributed by atoms with E-state index < -0.39 is 0 Å². The molecule has 1 aliphatic heterocycles. The molecule has 0 atom stereocenters. The summed E-state index contributed by atoms with van der Waals surface area (Å²) in [5, 5.41) is 7.71. The molecule has 1 fully saturated rings. The van der Waals surface area contributed by atoms with Crippen molar-refractivity contribution in [3.8, 4) is 5.88 Å². The molecule has 0 amide bonds. The zero-order valence-corrected chi connectivity index (χ0v) is 17.5. The first kappa shape index (κ1) is 19.1. The van der Waals surface area contributed by atoms with Gasteiger partial charge in [0.2, 0.25) is 0 Å². The lowest BCUT2D eigenvalue weighted by Gasteiger charge is -2.32. The van der Waals surface area contributed by atoms with Crippen molar-refractivity contribution in [2.24, 2.45) is 5.92 Å². The lowest BCUT2D eigenvalue weighted by atomic mass is 9.93. The van der Waals surface area contributed by atoms with E-state index in [0.29, 0.717) is 12.5 Å². The fraction of sp³-hybridized carbons (Fsp3) is 0.346. The average Bonchev–Trinajstić information content (AvgIpc) is 3.17. The number of hydrogen-bond donors (Lipinski definition) is 0. The van der Waals surface area contributed by atoms with E-state index in [0.717, 1.165) is 42.9 Å². The maximum absolute atomic E-state index is 5.96. The number of fused-ring (bicyclic) bond motifs is 2. The lowest BCUT2D eigenvalue weighted by molar-refractivity contribution is 0.156. The Morgan fingerprint density at radius 3 is 2.70 bits per heavy atom. The van der Waals surface area contributed by atoms with Crippen molar-refractivity contribution in [1.82, 2.24) is 10.1 Å². The minimum atomic E-state index is 0.627. The van der Waals surface area contributed by atoms with Crippen LogP contribution in [-0.4, -0.2) is 29.8 Å². The third-order valence-electron chi connectivity index (χ3n) is 6.28. The SMILES string of the molecule is Cc1ccc2onc(OCCC3CCN(Cc4ccc5ccccc5c4)CC3)c2c1. The molecule has 1 aromatic heterocycles. The summed E-state index contributed by atoms with van der Waals surface area (Å²) < 4.78 is 11.3. The Labute approximate surface area is 177 Å². The van der Waals surface area contributed by atoms with E-state index in [1.165, 1.54) is 34.7 Å². The van der Waals surface area contributed by atoms with E-state index in [2.05, 4.69) is 65.5 Å². The summed E-state index contributed by atoms with van der Waals surface area (Å²) in [6.07, 6.45) is 3.54. The Hall–Kier alpha value is -2.85. The third-order valence-corrected chi connectivity index (χ3v) is 6.28. The molecule has 5 rings (SSSR count). The molecular formula is C26H28N2O2. The van der Waals surface area contributed by atoms with E-state index in [-0.39, 0.29) is 0 Å². The van der Waals surface area contributed by atoms with E-state index in [9.17, 15) is 0 Å². The summed E-state index contributed by atoms with van der Waals surface area (Å²) in [5.74, 6) is 1.35. The van der Waals surface area contributed by atoms with Crippen LogP contribution in [0.5, 0.6) is 5.88 Å². The highest BCUT2D eigenvalue weighted by Gasteiger charge is 2.20. The highest BCUT2D eigenvalue weighted by molar-refractivity contribution is 5.83. The van der Waals surface area contributed by atoms with Crippen LogP contribution in [0.1, 0.15) is 30.4 Å². The van der Waals surface area contributed by atoms with Crippen molar-refractivity contribution in [1.29, 1.82) is 0 Å². The van der Waals surface area contributed by atoms with Crippen LogP contribution in [-0.2, 0) is 6.54 Å². The topological polar surface area (TPSA) is 38.5 Å². The molecule has 4 aromatic rings. The minimum absolute atomic E-state index is 0.627. The van der Waals surface area contributed by atoms with Gasteiger partial charge in [-0.05, 0) is 84.9 Å². The molecule has 0 unspecified atom stereocenters. The predicted molar refractivity (Wildman–Crippen MR) is 121 cm³/mol. The predicted octanol–water partition coefficient (Wildman–Crippen LogP) is 5.97. The van der Waals surface area contributed by atoms with Crippen LogP contribution in [0.3, 0.4) is 0 Å². The van der Waals surface area contributed by atoms with Gasteiger partial charge in [-0.2, -0.15) is 0 Å². The lowest BCUT2D eigenvalue weighted by Crippen LogP contribution is -2.33. The van der Waals surface area contributed by atoms with Crippen molar-refractivity contribution in [3.05, 3.63) is 71.8 Å². The number of ether oxygens (including phenoxy) is 1. The number of aromatic nitrogens is 1. The number of aryl methyl sites for hydroxylation is 1. The number of hydrogen-bond acceptors (Lipinski definition) is 4. The van der Waals surface area contributed by atoms with Gasteiger partial charge in [0.25, 0.3) is 5.88 Å². The molecule has 30 heavy (non-hydrogen) atoms. The van der Waals surface area contributed by atoms with Crippen LogP contribution in [0, 0.1) is 12.8 Å². The molecule has 2 heterocycles. The van der Waals surface area contributed by atoms with Gasteiger partial charge in [-0.1, -0.05) is 48.0 Å². The second-order valence-corrected chi connectivity index (χ2v) is 8.53. The molecule has 1 aliphatic rings. The van der Waals surface area contributed by atoms with Crippen LogP contribution in [0.15, 0.2) is 65.2 Å². The van der Waals surface area contributed by atoms with Crippen LogP contribution < -0.4 is 4.74 Å². The molecule has 4 nitrogen and oxygen atoms in total. The van der Waals surface area contributed by atoms with Crippen LogP contribution >= 0.6 is 0 Å². The van der Waals surface area contributed by atoms with Crippen LogP contribution in [0.4, 0.5) is 0 Å². The first-order chi connectivity index (χ1) is 14.7. The molecule has 0 aliphatic carbocycles. The zero-order valence-electron chi connectivity index (χ0n) is 17.5. The van der Waals surface area contributed by atoms with Crippen molar-refractivity contribution in [3.63, 3.8) is 0 Å². The summed E-state index contributed by atoms with van der Waals surface area (Å²) in [6.45, 7) is 6.12. The molecule has 0 N–H and O–H groups in total. The summed E-state index contributed by atoms with van der Waals surface area (Å²) in [5.41, 5.74) is 3.38. The van der Waals surface area contributed by atoms with E-state index in [1.54, 1.807) is 0 Å². The van der Waals surface area contributed by atoms with Crippen molar-refractivity contribution in [2.75, 3.05) is 19.7 Å². The maximum atomic E-state index is 5.96. The first-order valence-electron chi connectivity index (χ1n) is 10.9. The van der Waals surface area contributed by atoms with Crippen molar-refractivity contribution < 1.29 is 9.26 Å². The number of benzene rings is 3. The summed E-state index contributed by atoms with van der Waals surface area (Å²) in [6, 6.07) is 21.5. The van der Waals surface area contributed by atoms with Gasteiger partial charge in [0, 0.05) is 6.54 Å². The third kappa shape index (κ3) is 4.19. The minimum Gasteiger partial charge on any atom is -0.475 e. The highest BCUT2D eigenvalue weighted by atomic mass is 16.5. The standard InChI is InChI=1S/C26H28N2O2/c1-19-6-9-25-24(16-19)26(27-30-25)29-15-12-20-10-13-28(14-11-20)18-21-7-8-22-4-2-3-5-23(22)17-21/h2-9,16-17,20H,10-15,18H2,1H3. The van der Waals surface area contributed by atoms with Crippen molar-refractivity contribution >= 4 is 21.7 Å². The maximum Gasteiger partial charge on any atom is 0.262 e. The molecule has 0 saturated carbocycles. The Bertz CT molecular complexity index is 1140. The molecule has 0 spiro atoms. The molecule has 0 radical (unpaired) electrons. The smallest absolute Gasteiger partial charge is 0.262 e. The Balaban J connectivity index is 1.10. The normalized spacial score (nSPS) is 15.8.